The van der Waals surface area contributed by atoms with Crippen molar-refractivity contribution in [1.29, 1.82) is 0 Å². The van der Waals surface area contributed by atoms with Crippen molar-refractivity contribution in [3.8, 4) is 0 Å². The van der Waals surface area contributed by atoms with Crippen LogP contribution in [0.1, 0.15) is 0 Å². The minimum absolute atomic E-state index is 0. The Labute approximate surface area is 128 Å². The molecule has 2 heterocycles. The molecule has 21 heavy (non-hydrogen) atoms. The number of carbonyl (C=O) groups is 1. The van der Waals surface area contributed by atoms with E-state index in [9.17, 15) is 9.59 Å². The van der Waals surface area contributed by atoms with Crippen molar-refractivity contribution < 1.29 is 4.79 Å². The number of carbonyl (C=O) groups excluding carboxylic acids is 1. The van der Waals surface area contributed by atoms with Crippen LogP contribution in [-0.4, -0.2) is 46.5 Å². The molecule has 6 nitrogen and oxygen atoms in total. The average Bonchev–Trinajstić information content (AvgIpc) is 2.51. The van der Waals surface area contributed by atoms with Crippen molar-refractivity contribution in [3.05, 3.63) is 40.9 Å². The van der Waals surface area contributed by atoms with Crippen molar-refractivity contribution in [2.75, 3.05) is 26.2 Å². The monoisotopic (exact) mass is 308 g/mol. The van der Waals surface area contributed by atoms with Gasteiger partial charge in [-0.05, 0) is 12.1 Å². The van der Waals surface area contributed by atoms with Crippen LogP contribution in [0.5, 0.6) is 0 Å². The van der Waals surface area contributed by atoms with E-state index >= 15 is 0 Å². The summed E-state index contributed by atoms with van der Waals surface area (Å²) in [4.78, 5) is 30.4. The Balaban J connectivity index is 0.00000161. The summed E-state index contributed by atoms with van der Waals surface area (Å²) in [5.41, 5.74) is 0.488. The van der Waals surface area contributed by atoms with Gasteiger partial charge in [0.05, 0.1) is 17.2 Å². The molecule has 1 N–H and O–H groups in total. The first-order valence-corrected chi connectivity index (χ1v) is 6.68. The Hall–Kier alpha value is -1.92. The summed E-state index contributed by atoms with van der Waals surface area (Å²) >= 11 is 0. The van der Waals surface area contributed by atoms with E-state index in [4.69, 9.17) is 0 Å². The lowest BCUT2D eigenvalue weighted by atomic mass is 10.2. The van der Waals surface area contributed by atoms with E-state index in [0.29, 0.717) is 24.0 Å². The van der Waals surface area contributed by atoms with E-state index < -0.39 is 0 Å². The third-order valence-corrected chi connectivity index (χ3v) is 3.51. The standard InChI is InChI=1S/C14H16N4O2.ClH/c19-13(17-7-5-15-6-8-17)9-18-10-16-12-4-2-1-3-11(12)14(18)20;/h1-4,10,15H,5-9H2;1H. The third-order valence-electron chi connectivity index (χ3n) is 3.51. The van der Waals surface area contributed by atoms with Crippen LogP contribution in [0.15, 0.2) is 35.4 Å². The second kappa shape index (κ2) is 6.69. The molecular weight excluding hydrogens is 292 g/mol. The lowest BCUT2D eigenvalue weighted by Crippen LogP contribution is -2.48. The molecule has 2 aromatic rings. The van der Waals surface area contributed by atoms with Crippen molar-refractivity contribution in [2.45, 2.75) is 6.54 Å². The fourth-order valence-corrected chi connectivity index (χ4v) is 2.38. The van der Waals surface area contributed by atoms with E-state index in [-0.39, 0.29) is 30.4 Å². The minimum Gasteiger partial charge on any atom is -0.339 e. The molecule has 1 aliphatic heterocycles. The number of fused-ring (bicyclic) bond motifs is 1. The molecule has 112 valence electrons. The highest BCUT2D eigenvalue weighted by atomic mass is 35.5. The van der Waals surface area contributed by atoms with E-state index in [1.165, 1.54) is 10.9 Å². The van der Waals surface area contributed by atoms with Gasteiger partial charge < -0.3 is 10.2 Å². The second-order valence-electron chi connectivity index (χ2n) is 4.83. The summed E-state index contributed by atoms with van der Waals surface area (Å²) in [5, 5.41) is 3.74. The quantitative estimate of drug-likeness (QED) is 0.863. The summed E-state index contributed by atoms with van der Waals surface area (Å²) < 4.78 is 1.38. The molecule has 1 amide bonds. The molecule has 0 radical (unpaired) electrons. The topological polar surface area (TPSA) is 67.2 Å². The number of hydrogen-bond acceptors (Lipinski definition) is 4. The number of nitrogens with zero attached hydrogens (tertiary/aromatic N) is 3. The number of benzene rings is 1. The minimum atomic E-state index is -0.168. The van der Waals surface area contributed by atoms with Gasteiger partial charge in [-0.25, -0.2) is 4.98 Å². The second-order valence-corrected chi connectivity index (χ2v) is 4.83. The molecule has 0 saturated carbocycles. The number of amides is 1. The highest BCUT2D eigenvalue weighted by molar-refractivity contribution is 5.85. The van der Waals surface area contributed by atoms with Crippen LogP contribution in [-0.2, 0) is 11.3 Å². The van der Waals surface area contributed by atoms with Crippen LogP contribution in [0.3, 0.4) is 0 Å². The van der Waals surface area contributed by atoms with Crippen LogP contribution in [0.2, 0.25) is 0 Å². The van der Waals surface area contributed by atoms with E-state index in [1.54, 1.807) is 23.1 Å². The van der Waals surface area contributed by atoms with Crippen molar-refractivity contribution in [1.82, 2.24) is 19.8 Å². The molecule has 0 unspecified atom stereocenters. The lowest BCUT2D eigenvalue weighted by Gasteiger charge is -2.27. The number of para-hydroxylation sites is 1. The first-order valence-electron chi connectivity index (χ1n) is 6.68. The van der Waals surface area contributed by atoms with Crippen LogP contribution in [0.4, 0.5) is 0 Å². The zero-order valence-electron chi connectivity index (χ0n) is 11.5. The average molecular weight is 309 g/mol. The van der Waals surface area contributed by atoms with E-state index in [2.05, 4.69) is 10.3 Å². The summed E-state index contributed by atoms with van der Waals surface area (Å²) in [6.45, 7) is 3.03. The maximum absolute atomic E-state index is 12.3. The zero-order chi connectivity index (χ0) is 13.9. The Kier molecular flexibility index (Phi) is 4.93. The molecule has 1 aromatic heterocycles. The molecule has 1 aromatic carbocycles. The highest BCUT2D eigenvalue weighted by Gasteiger charge is 2.17. The number of piperazine rings is 1. The molecule has 3 rings (SSSR count). The largest absolute Gasteiger partial charge is 0.339 e. The van der Waals surface area contributed by atoms with Gasteiger partial charge in [0.25, 0.3) is 5.56 Å². The van der Waals surface area contributed by atoms with Gasteiger partial charge in [0, 0.05) is 26.2 Å². The van der Waals surface area contributed by atoms with E-state index in [1.807, 2.05) is 6.07 Å². The van der Waals surface area contributed by atoms with Crippen LogP contribution >= 0.6 is 12.4 Å². The van der Waals surface area contributed by atoms with Gasteiger partial charge in [-0.2, -0.15) is 0 Å². The van der Waals surface area contributed by atoms with Crippen LogP contribution in [0.25, 0.3) is 10.9 Å². The molecule has 1 aliphatic rings. The normalized spacial score (nSPS) is 14.8. The predicted molar refractivity (Wildman–Crippen MR) is 82.7 cm³/mol. The molecule has 1 fully saturated rings. The summed E-state index contributed by atoms with van der Waals surface area (Å²) in [5.74, 6) is -0.0364. The molecule has 0 bridgehead atoms. The van der Waals surface area contributed by atoms with Gasteiger partial charge in [0.2, 0.25) is 5.91 Å². The first kappa shape index (κ1) is 15.5. The number of aromatic nitrogens is 2. The van der Waals surface area contributed by atoms with Crippen LogP contribution < -0.4 is 10.9 Å². The molecular formula is C14H17ClN4O2. The maximum atomic E-state index is 12.3. The lowest BCUT2D eigenvalue weighted by molar-refractivity contribution is -0.132. The molecule has 0 atom stereocenters. The molecule has 0 spiro atoms. The predicted octanol–water partition coefficient (Wildman–Crippen LogP) is 0.250. The van der Waals surface area contributed by atoms with Crippen molar-refractivity contribution >= 4 is 29.2 Å². The molecule has 0 aliphatic carbocycles. The van der Waals surface area contributed by atoms with Gasteiger partial charge in [-0.1, -0.05) is 12.1 Å². The van der Waals surface area contributed by atoms with Gasteiger partial charge in [-0.3, -0.25) is 14.2 Å². The smallest absolute Gasteiger partial charge is 0.261 e. The summed E-state index contributed by atoms with van der Waals surface area (Å²) in [6, 6.07) is 7.16. The maximum Gasteiger partial charge on any atom is 0.261 e. The van der Waals surface area contributed by atoms with Gasteiger partial charge in [0.1, 0.15) is 6.54 Å². The Morgan fingerprint density at radius 2 is 1.95 bits per heavy atom. The Bertz CT molecular complexity index is 695. The van der Waals surface area contributed by atoms with Gasteiger partial charge in [0.15, 0.2) is 0 Å². The number of hydrogen-bond donors (Lipinski definition) is 1. The third kappa shape index (κ3) is 3.22. The Morgan fingerprint density at radius 3 is 2.71 bits per heavy atom. The van der Waals surface area contributed by atoms with Gasteiger partial charge >= 0.3 is 0 Å². The number of rotatable bonds is 2. The number of halogens is 1. The molecule has 1 saturated heterocycles. The number of nitrogens with one attached hydrogen (secondary N) is 1. The first-order chi connectivity index (χ1) is 9.75. The molecule has 7 heteroatoms. The van der Waals surface area contributed by atoms with Crippen molar-refractivity contribution in [3.63, 3.8) is 0 Å². The zero-order valence-corrected chi connectivity index (χ0v) is 12.3. The summed E-state index contributed by atoms with van der Waals surface area (Å²) in [7, 11) is 0. The van der Waals surface area contributed by atoms with Crippen LogP contribution in [0, 0.1) is 0 Å². The summed E-state index contributed by atoms with van der Waals surface area (Å²) in [6.07, 6.45) is 1.45. The van der Waals surface area contributed by atoms with E-state index in [0.717, 1.165) is 13.1 Å². The highest BCUT2D eigenvalue weighted by Crippen LogP contribution is 2.05. The SMILES string of the molecule is Cl.O=C(Cn1cnc2ccccc2c1=O)N1CCNCC1. The van der Waals surface area contributed by atoms with Gasteiger partial charge in [-0.15, -0.1) is 12.4 Å². The fraction of sp³-hybridized carbons (Fsp3) is 0.357. The Morgan fingerprint density at radius 1 is 1.24 bits per heavy atom. The fourth-order valence-electron chi connectivity index (χ4n) is 2.38. The van der Waals surface area contributed by atoms with Crippen molar-refractivity contribution in [2.24, 2.45) is 0 Å².